The van der Waals surface area contributed by atoms with Gasteiger partial charge in [0.25, 0.3) is 5.91 Å². The third kappa shape index (κ3) is 8.90. The summed E-state index contributed by atoms with van der Waals surface area (Å²) in [6, 6.07) is 22.0. The highest BCUT2D eigenvalue weighted by molar-refractivity contribution is 6.03. The van der Waals surface area contributed by atoms with Crippen LogP contribution in [-0.4, -0.2) is 47.5 Å². The molecule has 11 heteroatoms. The van der Waals surface area contributed by atoms with Gasteiger partial charge >= 0.3 is 12.1 Å². The number of halogens is 3. The Morgan fingerprint density at radius 2 is 1.71 bits per heavy atom. The molecule has 0 aromatic heterocycles. The van der Waals surface area contributed by atoms with Crippen molar-refractivity contribution in [3.05, 3.63) is 107 Å². The zero-order chi connectivity index (χ0) is 35.1. The summed E-state index contributed by atoms with van der Waals surface area (Å²) >= 11 is 0. The molecule has 0 bridgehead atoms. The number of hydrogen-bond donors (Lipinski definition) is 2. The van der Waals surface area contributed by atoms with Crippen LogP contribution in [0, 0.1) is 0 Å². The standard InChI is InChI=1S/C38H40F3N3O5/c1-4-34(33-22-30(38(39,40)41)15-17-35(33)49-31-6-5-7-31)43-44(23-25-8-9-29-21-32(48-3)16-14-28(29)20-25)24(2)26-10-12-27(13-11-26)37(47)42-19-18-36(45)46/h8-17,20-22,24,31H,4-7,18-19,23H2,1-3H3,(H,42,47)(H,45,46)/b43-34+. The summed E-state index contributed by atoms with van der Waals surface area (Å²) in [5, 5.41) is 20.3. The van der Waals surface area contributed by atoms with E-state index in [1.165, 1.54) is 6.07 Å². The number of alkyl halides is 3. The van der Waals surface area contributed by atoms with Gasteiger partial charge in [-0.15, -0.1) is 0 Å². The van der Waals surface area contributed by atoms with Crippen molar-refractivity contribution >= 4 is 28.4 Å². The second kappa shape index (κ2) is 15.4. The lowest BCUT2D eigenvalue weighted by atomic mass is 9.95. The van der Waals surface area contributed by atoms with Crippen molar-refractivity contribution in [1.82, 2.24) is 10.3 Å². The number of rotatable bonds is 14. The summed E-state index contributed by atoms with van der Waals surface area (Å²) < 4.78 is 53.3. The predicted molar refractivity (Wildman–Crippen MR) is 182 cm³/mol. The van der Waals surface area contributed by atoms with E-state index >= 15 is 0 Å². The summed E-state index contributed by atoms with van der Waals surface area (Å²) in [7, 11) is 1.61. The first-order valence-electron chi connectivity index (χ1n) is 16.3. The molecule has 4 aromatic carbocycles. The van der Waals surface area contributed by atoms with E-state index in [0.717, 1.165) is 59.0 Å². The minimum absolute atomic E-state index is 0.00906. The van der Waals surface area contributed by atoms with Crippen LogP contribution in [-0.2, 0) is 17.5 Å². The van der Waals surface area contributed by atoms with Crippen molar-refractivity contribution in [3.63, 3.8) is 0 Å². The van der Waals surface area contributed by atoms with E-state index in [9.17, 15) is 22.8 Å². The molecule has 1 aliphatic carbocycles. The predicted octanol–water partition coefficient (Wildman–Crippen LogP) is 8.38. The molecule has 5 rings (SSSR count). The van der Waals surface area contributed by atoms with Crippen LogP contribution in [0.5, 0.6) is 11.5 Å². The number of hydrogen-bond acceptors (Lipinski definition) is 6. The van der Waals surface area contributed by atoms with Gasteiger partial charge < -0.3 is 19.9 Å². The molecule has 0 saturated heterocycles. The SMILES string of the molecule is CC/C(=N\N(Cc1ccc2cc(OC)ccc2c1)C(C)c1ccc(C(=O)NCCC(=O)O)cc1)c1cc(C(F)(F)F)ccc1OC1CCC1. The summed E-state index contributed by atoms with van der Waals surface area (Å²) in [6.07, 6.45) is -1.70. The van der Waals surface area contributed by atoms with Gasteiger partial charge in [0.15, 0.2) is 0 Å². The van der Waals surface area contributed by atoms with Crippen LogP contribution in [0.1, 0.15) is 84.6 Å². The first-order chi connectivity index (χ1) is 23.4. The highest BCUT2D eigenvalue weighted by atomic mass is 19.4. The maximum atomic E-state index is 13.9. The summed E-state index contributed by atoms with van der Waals surface area (Å²) in [5.41, 5.74) is 2.12. The maximum absolute atomic E-state index is 13.9. The largest absolute Gasteiger partial charge is 0.497 e. The molecule has 0 spiro atoms. The van der Waals surface area contributed by atoms with E-state index < -0.39 is 17.7 Å². The normalized spacial score (nSPS) is 14.2. The minimum Gasteiger partial charge on any atom is -0.497 e. The molecule has 0 radical (unpaired) electrons. The fourth-order valence-electron chi connectivity index (χ4n) is 5.59. The number of amides is 1. The number of hydrazone groups is 1. The number of fused-ring (bicyclic) bond motifs is 1. The highest BCUT2D eigenvalue weighted by Gasteiger charge is 2.32. The molecule has 49 heavy (non-hydrogen) atoms. The van der Waals surface area contributed by atoms with Crippen molar-refractivity contribution in [2.45, 2.75) is 70.8 Å². The second-order valence-electron chi connectivity index (χ2n) is 12.1. The van der Waals surface area contributed by atoms with E-state index in [1.807, 2.05) is 49.2 Å². The number of aliphatic carboxylic acids is 1. The monoisotopic (exact) mass is 675 g/mol. The van der Waals surface area contributed by atoms with Gasteiger partial charge in [0.05, 0.1) is 43.5 Å². The van der Waals surface area contributed by atoms with Crippen molar-refractivity contribution in [1.29, 1.82) is 0 Å². The molecular weight excluding hydrogens is 635 g/mol. The molecule has 1 atom stereocenters. The van der Waals surface area contributed by atoms with Crippen molar-refractivity contribution < 1.29 is 37.3 Å². The van der Waals surface area contributed by atoms with E-state index in [-0.39, 0.29) is 31.0 Å². The van der Waals surface area contributed by atoms with Gasteiger partial charge in [-0.05, 0) is 103 Å². The van der Waals surface area contributed by atoms with Crippen LogP contribution < -0.4 is 14.8 Å². The highest BCUT2D eigenvalue weighted by Crippen LogP contribution is 2.36. The molecule has 2 N–H and O–H groups in total. The van der Waals surface area contributed by atoms with Crippen LogP contribution in [0.2, 0.25) is 0 Å². The number of nitrogens with one attached hydrogen (secondary N) is 1. The third-order valence-corrected chi connectivity index (χ3v) is 8.73. The van der Waals surface area contributed by atoms with Crippen LogP contribution in [0.25, 0.3) is 10.8 Å². The number of carbonyl (C=O) groups excluding carboxylic acids is 1. The van der Waals surface area contributed by atoms with Crippen LogP contribution >= 0.6 is 0 Å². The van der Waals surface area contributed by atoms with E-state index in [0.29, 0.717) is 35.6 Å². The van der Waals surface area contributed by atoms with Crippen molar-refractivity contribution in [2.75, 3.05) is 13.7 Å². The molecule has 1 fully saturated rings. The van der Waals surface area contributed by atoms with Gasteiger partial charge in [0, 0.05) is 17.7 Å². The van der Waals surface area contributed by atoms with Gasteiger partial charge in [0.2, 0.25) is 0 Å². The molecule has 1 aliphatic rings. The van der Waals surface area contributed by atoms with Gasteiger partial charge in [0.1, 0.15) is 11.5 Å². The molecule has 0 aliphatic heterocycles. The lowest BCUT2D eigenvalue weighted by Gasteiger charge is -2.30. The fourth-order valence-corrected chi connectivity index (χ4v) is 5.59. The van der Waals surface area contributed by atoms with Gasteiger partial charge in [-0.25, -0.2) is 0 Å². The first-order valence-corrected chi connectivity index (χ1v) is 16.3. The van der Waals surface area contributed by atoms with Crippen molar-refractivity contribution in [2.24, 2.45) is 5.10 Å². The van der Waals surface area contributed by atoms with Crippen molar-refractivity contribution in [3.8, 4) is 11.5 Å². The van der Waals surface area contributed by atoms with E-state index in [2.05, 4.69) is 11.4 Å². The lowest BCUT2D eigenvalue weighted by Crippen LogP contribution is -2.27. The molecule has 1 amide bonds. The Morgan fingerprint density at radius 1 is 1.00 bits per heavy atom. The average molecular weight is 676 g/mol. The second-order valence-corrected chi connectivity index (χ2v) is 12.1. The summed E-state index contributed by atoms with van der Waals surface area (Å²) in [4.78, 5) is 23.4. The molecule has 1 saturated carbocycles. The third-order valence-electron chi connectivity index (χ3n) is 8.73. The quantitative estimate of drug-likeness (QED) is 0.103. The Hall–Kier alpha value is -5.06. The lowest BCUT2D eigenvalue weighted by molar-refractivity contribution is -0.138. The molecule has 8 nitrogen and oxygen atoms in total. The fraction of sp³-hybridized carbons (Fsp3) is 0.342. The maximum Gasteiger partial charge on any atom is 0.416 e. The Labute approximate surface area is 283 Å². The van der Waals surface area contributed by atoms with Crippen LogP contribution in [0.3, 0.4) is 0 Å². The molecule has 1 unspecified atom stereocenters. The van der Waals surface area contributed by atoms with E-state index in [4.69, 9.17) is 19.7 Å². The number of nitrogens with zero attached hydrogens (tertiary/aromatic N) is 2. The summed E-state index contributed by atoms with van der Waals surface area (Å²) in [6.45, 7) is 4.15. The molecule has 0 heterocycles. The zero-order valence-electron chi connectivity index (χ0n) is 27.7. The smallest absolute Gasteiger partial charge is 0.416 e. The Morgan fingerprint density at radius 3 is 2.35 bits per heavy atom. The van der Waals surface area contributed by atoms with Gasteiger partial charge in [-0.3, -0.25) is 14.6 Å². The van der Waals surface area contributed by atoms with Gasteiger partial charge in [-0.1, -0.05) is 37.3 Å². The average Bonchev–Trinajstić information content (AvgIpc) is 3.07. The number of benzene rings is 4. The Kier molecular flexibility index (Phi) is 11.1. The van der Waals surface area contributed by atoms with Crippen LogP contribution in [0.15, 0.2) is 84.0 Å². The number of carbonyl (C=O) groups is 2. The molecule has 4 aromatic rings. The minimum atomic E-state index is -4.54. The topological polar surface area (TPSA) is 100 Å². The molecule has 258 valence electrons. The molecular formula is C38H40F3N3O5. The summed E-state index contributed by atoms with van der Waals surface area (Å²) in [5.74, 6) is -0.272. The Balaban J connectivity index is 1.52. The van der Waals surface area contributed by atoms with E-state index in [1.54, 1.807) is 31.4 Å². The van der Waals surface area contributed by atoms with Gasteiger partial charge in [-0.2, -0.15) is 18.3 Å². The number of ether oxygens (including phenoxy) is 2. The van der Waals surface area contributed by atoms with Crippen LogP contribution in [0.4, 0.5) is 13.2 Å². The zero-order valence-corrected chi connectivity index (χ0v) is 27.7. The Bertz CT molecular complexity index is 1820. The number of carboxylic acid groups (broad SMARTS) is 1. The first kappa shape index (κ1) is 35.3. The number of methoxy groups -OCH3 is 1. The number of carboxylic acids is 1.